The summed E-state index contributed by atoms with van der Waals surface area (Å²) in [5.74, 6) is 2.43. The Bertz CT molecular complexity index is 689. The number of hydrogen-bond donors (Lipinski definition) is 2. The Balaban J connectivity index is 1.99. The Morgan fingerprint density at radius 2 is 2.09 bits per heavy atom. The van der Waals surface area contributed by atoms with Gasteiger partial charge in [-0.05, 0) is 18.6 Å². The fourth-order valence-corrected chi connectivity index (χ4v) is 2.82. The molecule has 2 aromatic heterocycles. The number of anilines is 1. The van der Waals surface area contributed by atoms with Gasteiger partial charge in [0.05, 0.1) is 0 Å². The van der Waals surface area contributed by atoms with Crippen LogP contribution in [0.2, 0.25) is 0 Å². The molecule has 5 nitrogen and oxygen atoms in total. The van der Waals surface area contributed by atoms with Crippen LogP contribution in [-0.2, 0) is 6.42 Å². The van der Waals surface area contributed by atoms with Crippen molar-refractivity contribution in [2.24, 2.45) is 0 Å². The first-order valence-electron chi connectivity index (χ1n) is 7.82. The Kier molecular flexibility index (Phi) is 5.82. The average molecular weight is 332 g/mol. The predicted molar refractivity (Wildman–Crippen MR) is 98.2 cm³/mol. The summed E-state index contributed by atoms with van der Waals surface area (Å²) in [6.07, 6.45) is 2.46. The van der Waals surface area contributed by atoms with Crippen LogP contribution in [0.25, 0.3) is 11.4 Å². The first kappa shape index (κ1) is 17.5. The fourth-order valence-electron chi connectivity index (χ4n) is 2.00. The predicted octanol–water partition coefficient (Wildman–Crippen LogP) is 3.34. The summed E-state index contributed by atoms with van der Waals surface area (Å²) in [5, 5.41) is 3.31. The summed E-state index contributed by atoms with van der Waals surface area (Å²) in [7, 11) is 0. The maximum atomic E-state index is 11.6. The third-order valence-electron chi connectivity index (χ3n) is 3.14. The molecule has 0 aromatic carbocycles. The highest BCUT2D eigenvalue weighted by atomic mass is 32.2. The lowest BCUT2D eigenvalue weighted by Gasteiger charge is -2.17. The van der Waals surface area contributed by atoms with Crippen molar-refractivity contribution in [3.05, 3.63) is 40.4 Å². The Morgan fingerprint density at radius 1 is 1.30 bits per heavy atom. The van der Waals surface area contributed by atoms with Gasteiger partial charge in [-0.2, -0.15) is 11.8 Å². The van der Waals surface area contributed by atoms with Crippen LogP contribution >= 0.6 is 11.8 Å². The summed E-state index contributed by atoms with van der Waals surface area (Å²) >= 11 is 1.92. The van der Waals surface area contributed by atoms with Crippen molar-refractivity contribution >= 4 is 17.6 Å². The number of nitrogens with zero attached hydrogens (tertiary/aromatic N) is 2. The van der Waals surface area contributed by atoms with Gasteiger partial charge in [0.15, 0.2) is 0 Å². The number of rotatable bonds is 6. The van der Waals surface area contributed by atoms with Crippen molar-refractivity contribution < 1.29 is 0 Å². The minimum absolute atomic E-state index is 0.131. The van der Waals surface area contributed by atoms with E-state index in [4.69, 9.17) is 0 Å². The van der Waals surface area contributed by atoms with Crippen molar-refractivity contribution in [3.8, 4) is 11.4 Å². The smallest absolute Gasteiger partial charge is 0.251 e. The van der Waals surface area contributed by atoms with Gasteiger partial charge in [0, 0.05) is 40.6 Å². The molecular weight excluding hydrogens is 308 g/mol. The molecule has 0 fully saturated rings. The zero-order valence-electron chi connectivity index (χ0n) is 14.1. The van der Waals surface area contributed by atoms with Gasteiger partial charge < -0.3 is 10.3 Å². The highest BCUT2D eigenvalue weighted by Crippen LogP contribution is 2.22. The molecule has 0 spiro atoms. The molecule has 0 saturated carbocycles. The second-order valence-corrected chi connectivity index (χ2v) is 8.18. The van der Waals surface area contributed by atoms with E-state index in [1.54, 1.807) is 6.20 Å². The van der Waals surface area contributed by atoms with Gasteiger partial charge in [-0.15, -0.1) is 0 Å². The molecule has 2 heterocycles. The molecule has 0 atom stereocenters. The highest BCUT2D eigenvalue weighted by molar-refractivity contribution is 8.00. The molecule has 2 N–H and O–H groups in total. The van der Waals surface area contributed by atoms with E-state index in [9.17, 15) is 4.79 Å². The van der Waals surface area contributed by atoms with Gasteiger partial charge in [-0.1, -0.05) is 27.7 Å². The Hall–Kier alpha value is -1.82. The molecule has 0 radical (unpaired) electrons. The molecule has 0 unspecified atom stereocenters. The van der Waals surface area contributed by atoms with Crippen LogP contribution in [0.3, 0.4) is 0 Å². The van der Waals surface area contributed by atoms with Gasteiger partial charge in [0.25, 0.3) is 5.56 Å². The van der Waals surface area contributed by atoms with E-state index in [0.717, 1.165) is 35.8 Å². The van der Waals surface area contributed by atoms with Crippen molar-refractivity contribution in [3.63, 3.8) is 0 Å². The molecular formula is C17H24N4OS. The van der Waals surface area contributed by atoms with Crippen LogP contribution in [0.4, 0.5) is 5.82 Å². The molecule has 0 aliphatic carbocycles. The average Bonchev–Trinajstić information content (AvgIpc) is 2.50. The quantitative estimate of drug-likeness (QED) is 0.794. The molecule has 0 bridgehead atoms. The van der Waals surface area contributed by atoms with Gasteiger partial charge in [0.1, 0.15) is 11.6 Å². The molecule has 2 aromatic rings. The number of pyridine rings is 1. The molecule has 0 aliphatic heterocycles. The maximum absolute atomic E-state index is 11.6. The van der Waals surface area contributed by atoms with Gasteiger partial charge >= 0.3 is 0 Å². The number of aromatic amines is 1. The number of H-pyrrole nitrogens is 1. The third-order valence-corrected chi connectivity index (χ3v) is 4.41. The number of nitrogens with one attached hydrogen (secondary N) is 2. The fraction of sp³-hybridized carbons (Fsp3) is 0.471. The molecule has 0 saturated heterocycles. The standard InChI is InChI=1S/C17H24N4OS/c1-5-13-10-15(22)21-16(20-13)12-6-7-14(19-11-12)18-8-9-23-17(2,3)4/h6-7,10-11H,5,8-9H2,1-4H3,(H,18,19)(H,20,21,22). The Morgan fingerprint density at radius 3 is 2.70 bits per heavy atom. The van der Waals surface area contributed by atoms with E-state index in [1.165, 1.54) is 6.07 Å². The van der Waals surface area contributed by atoms with Crippen LogP contribution in [0.5, 0.6) is 0 Å². The SMILES string of the molecule is CCc1cc(=O)[nH]c(-c2ccc(NCCSC(C)(C)C)nc2)n1. The number of hydrogen-bond acceptors (Lipinski definition) is 5. The number of aryl methyl sites for hydroxylation is 1. The second-order valence-electron chi connectivity index (χ2n) is 6.26. The van der Waals surface area contributed by atoms with E-state index in [0.29, 0.717) is 5.82 Å². The topological polar surface area (TPSA) is 70.7 Å². The van der Waals surface area contributed by atoms with E-state index in [-0.39, 0.29) is 10.3 Å². The first-order chi connectivity index (χ1) is 10.9. The summed E-state index contributed by atoms with van der Waals surface area (Å²) in [5.41, 5.74) is 1.46. The molecule has 0 amide bonds. The van der Waals surface area contributed by atoms with Crippen molar-refractivity contribution in [1.29, 1.82) is 0 Å². The number of thioether (sulfide) groups is 1. The monoisotopic (exact) mass is 332 g/mol. The normalized spacial score (nSPS) is 11.5. The number of aromatic nitrogens is 3. The molecule has 2 rings (SSSR count). The van der Waals surface area contributed by atoms with Crippen molar-refractivity contribution in [1.82, 2.24) is 15.0 Å². The van der Waals surface area contributed by atoms with Crippen molar-refractivity contribution in [2.45, 2.75) is 38.9 Å². The highest BCUT2D eigenvalue weighted by Gasteiger charge is 2.09. The van der Waals surface area contributed by atoms with E-state index in [1.807, 2.05) is 30.8 Å². The zero-order chi connectivity index (χ0) is 16.9. The van der Waals surface area contributed by atoms with Crippen LogP contribution in [0, 0.1) is 0 Å². The summed E-state index contributed by atoms with van der Waals surface area (Å²) in [6.45, 7) is 9.48. The second kappa shape index (κ2) is 7.64. The lowest BCUT2D eigenvalue weighted by Crippen LogP contribution is -2.13. The lowest BCUT2D eigenvalue weighted by molar-refractivity contribution is 0.802. The largest absolute Gasteiger partial charge is 0.369 e. The minimum atomic E-state index is -0.131. The van der Waals surface area contributed by atoms with E-state index < -0.39 is 0 Å². The van der Waals surface area contributed by atoms with Crippen LogP contribution in [-0.4, -0.2) is 32.0 Å². The van der Waals surface area contributed by atoms with Gasteiger partial charge in [-0.25, -0.2) is 9.97 Å². The van der Waals surface area contributed by atoms with Crippen LogP contribution < -0.4 is 10.9 Å². The minimum Gasteiger partial charge on any atom is -0.369 e. The van der Waals surface area contributed by atoms with Crippen molar-refractivity contribution in [2.75, 3.05) is 17.6 Å². The van der Waals surface area contributed by atoms with Crippen LogP contribution in [0.1, 0.15) is 33.4 Å². The summed E-state index contributed by atoms with van der Waals surface area (Å²) in [4.78, 5) is 23.2. The third kappa shape index (κ3) is 5.71. The molecule has 0 aliphatic rings. The molecule has 6 heteroatoms. The van der Waals surface area contributed by atoms with Gasteiger partial charge in [0.2, 0.25) is 0 Å². The van der Waals surface area contributed by atoms with Gasteiger partial charge in [-0.3, -0.25) is 4.79 Å². The lowest BCUT2D eigenvalue weighted by atomic mass is 10.2. The molecule has 124 valence electrons. The Labute approximate surface area is 141 Å². The summed E-state index contributed by atoms with van der Waals surface area (Å²) < 4.78 is 0.279. The first-order valence-corrected chi connectivity index (χ1v) is 8.80. The zero-order valence-corrected chi connectivity index (χ0v) is 15.0. The van der Waals surface area contributed by atoms with E-state index in [2.05, 4.69) is 41.0 Å². The summed E-state index contributed by atoms with van der Waals surface area (Å²) in [6, 6.07) is 5.36. The van der Waals surface area contributed by atoms with E-state index >= 15 is 0 Å². The van der Waals surface area contributed by atoms with Crippen LogP contribution in [0.15, 0.2) is 29.2 Å². The molecule has 23 heavy (non-hydrogen) atoms. The maximum Gasteiger partial charge on any atom is 0.251 e.